The molecule has 0 aliphatic heterocycles. The van der Waals surface area contributed by atoms with Crippen molar-refractivity contribution in [3.8, 4) is 5.75 Å². The van der Waals surface area contributed by atoms with Crippen molar-refractivity contribution in [2.45, 2.75) is 30.6 Å². The molecule has 1 heterocycles. The Morgan fingerprint density at radius 2 is 1.88 bits per heavy atom. The van der Waals surface area contributed by atoms with E-state index in [1.807, 2.05) is 6.07 Å². The van der Waals surface area contributed by atoms with Crippen molar-refractivity contribution in [2.75, 3.05) is 11.8 Å². The van der Waals surface area contributed by atoms with Crippen LogP contribution >= 0.6 is 15.9 Å². The molecular weight excluding hydrogens is 420 g/mol. The molecule has 1 aromatic heterocycles. The van der Waals surface area contributed by atoms with Gasteiger partial charge in [-0.1, -0.05) is 21.1 Å². The summed E-state index contributed by atoms with van der Waals surface area (Å²) in [6.07, 6.45) is 4.00. The van der Waals surface area contributed by atoms with Crippen molar-refractivity contribution in [3.05, 3.63) is 45.9 Å². The number of benzene rings is 2. The smallest absolute Gasteiger partial charge is 0.266 e. The van der Waals surface area contributed by atoms with E-state index in [0.29, 0.717) is 16.7 Å². The van der Waals surface area contributed by atoms with Gasteiger partial charge >= 0.3 is 0 Å². The van der Waals surface area contributed by atoms with E-state index in [-0.39, 0.29) is 10.7 Å². The standard InChI is InChI=1S/C18H17BrN2O4S/c1-24-16-8-11-4-2-3-5-12(11)9-17(16)26(22,23)21-18-14-10-13(19)6-7-15(14)25-20-18/h6-10H,2-5H2,1H3,(H,20,21). The van der Waals surface area contributed by atoms with Gasteiger partial charge < -0.3 is 9.26 Å². The Kier molecular flexibility index (Phi) is 4.40. The lowest BCUT2D eigenvalue weighted by molar-refractivity contribution is 0.401. The fourth-order valence-corrected chi connectivity index (χ4v) is 4.85. The van der Waals surface area contributed by atoms with Crippen LogP contribution in [0.15, 0.2) is 44.2 Å². The summed E-state index contributed by atoms with van der Waals surface area (Å²) < 4.78 is 39.9. The summed E-state index contributed by atoms with van der Waals surface area (Å²) in [6.45, 7) is 0. The molecule has 0 saturated carbocycles. The number of nitrogens with zero attached hydrogens (tertiary/aromatic N) is 1. The summed E-state index contributed by atoms with van der Waals surface area (Å²) in [6, 6.07) is 8.84. The number of aromatic nitrogens is 1. The van der Waals surface area contributed by atoms with Crippen LogP contribution in [0.4, 0.5) is 5.82 Å². The highest BCUT2D eigenvalue weighted by atomic mass is 79.9. The third kappa shape index (κ3) is 3.07. The minimum atomic E-state index is -3.88. The van der Waals surface area contributed by atoms with Crippen molar-refractivity contribution in [2.24, 2.45) is 0 Å². The molecule has 0 unspecified atom stereocenters. The molecule has 2 aromatic carbocycles. The molecular formula is C18H17BrN2O4S. The minimum absolute atomic E-state index is 0.117. The topological polar surface area (TPSA) is 81.4 Å². The molecule has 1 aliphatic rings. The first-order valence-electron chi connectivity index (χ1n) is 8.25. The summed E-state index contributed by atoms with van der Waals surface area (Å²) >= 11 is 3.37. The van der Waals surface area contributed by atoms with Crippen LogP contribution < -0.4 is 9.46 Å². The number of hydrogen-bond acceptors (Lipinski definition) is 5. The molecule has 0 amide bonds. The third-order valence-corrected chi connectivity index (χ3v) is 6.43. The lowest BCUT2D eigenvalue weighted by Gasteiger charge is -2.19. The Hall–Kier alpha value is -2.06. The first-order chi connectivity index (χ1) is 12.5. The first-order valence-corrected chi connectivity index (χ1v) is 10.5. The predicted molar refractivity (Wildman–Crippen MR) is 102 cm³/mol. The molecule has 0 spiro atoms. The largest absolute Gasteiger partial charge is 0.495 e. The summed E-state index contributed by atoms with van der Waals surface area (Å²) in [5, 5.41) is 4.45. The number of halogens is 1. The summed E-state index contributed by atoms with van der Waals surface area (Å²) in [5.74, 6) is 0.494. The van der Waals surface area contributed by atoms with Gasteiger partial charge in [-0.3, -0.25) is 4.72 Å². The zero-order valence-electron chi connectivity index (χ0n) is 14.1. The Balaban J connectivity index is 1.77. The second kappa shape index (κ2) is 6.59. The minimum Gasteiger partial charge on any atom is -0.495 e. The molecule has 0 saturated heterocycles. The van der Waals surface area contributed by atoms with Gasteiger partial charge in [-0.2, -0.15) is 0 Å². The molecule has 6 nitrogen and oxygen atoms in total. The number of aryl methyl sites for hydroxylation is 2. The predicted octanol–water partition coefficient (Wildman–Crippen LogP) is 4.28. The zero-order chi connectivity index (χ0) is 18.3. The molecule has 1 aliphatic carbocycles. The number of sulfonamides is 1. The number of hydrogen-bond donors (Lipinski definition) is 1. The van der Waals surface area contributed by atoms with Crippen LogP contribution in [0.3, 0.4) is 0 Å². The molecule has 26 heavy (non-hydrogen) atoms. The fourth-order valence-electron chi connectivity index (χ4n) is 3.28. The maximum absolute atomic E-state index is 13.0. The van der Waals surface area contributed by atoms with E-state index >= 15 is 0 Å². The van der Waals surface area contributed by atoms with Gasteiger partial charge in [0, 0.05) is 4.47 Å². The summed E-state index contributed by atoms with van der Waals surface area (Å²) in [7, 11) is -2.40. The average Bonchev–Trinajstić information content (AvgIpc) is 3.02. The van der Waals surface area contributed by atoms with Crippen LogP contribution in [-0.4, -0.2) is 20.7 Å². The maximum atomic E-state index is 13.0. The summed E-state index contributed by atoms with van der Waals surface area (Å²) in [5.41, 5.74) is 2.72. The summed E-state index contributed by atoms with van der Waals surface area (Å²) in [4.78, 5) is 0.117. The van der Waals surface area contributed by atoms with E-state index in [4.69, 9.17) is 9.26 Å². The van der Waals surface area contributed by atoms with Crippen LogP contribution in [0, 0.1) is 0 Å². The van der Waals surface area contributed by atoms with Crippen molar-refractivity contribution >= 4 is 42.7 Å². The van der Waals surface area contributed by atoms with Crippen LogP contribution in [0.2, 0.25) is 0 Å². The molecule has 4 rings (SSSR count). The zero-order valence-corrected chi connectivity index (χ0v) is 16.5. The van der Waals surface area contributed by atoms with Crippen LogP contribution in [-0.2, 0) is 22.9 Å². The lowest BCUT2D eigenvalue weighted by Crippen LogP contribution is -2.16. The Bertz CT molecular complexity index is 1090. The highest BCUT2D eigenvalue weighted by molar-refractivity contribution is 9.10. The molecule has 0 fully saturated rings. The van der Waals surface area contributed by atoms with Crippen molar-refractivity contribution in [1.82, 2.24) is 5.16 Å². The van der Waals surface area contributed by atoms with Crippen LogP contribution in [0.1, 0.15) is 24.0 Å². The fraction of sp³-hybridized carbons (Fsp3) is 0.278. The quantitative estimate of drug-likeness (QED) is 0.659. The van der Waals surface area contributed by atoms with Gasteiger partial charge in [-0.05, 0) is 67.1 Å². The molecule has 0 atom stereocenters. The van der Waals surface area contributed by atoms with E-state index in [0.717, 1.165) is 41.3 Å². The van der Waals surface area contributed by atoms with Gasteiger partial charge in [0.1, 0.15) is 10.6 Å². The van der Waals surface area contributed by atoms with Gasteiger partial charge in [0.05, 0.1) is 12.5 Å². The number of rotatable bonds is 4. The van der Waals surface area contributed by atoms with Crippen LogP contribution in [0.5, 0.6) is 5.75 Å². The highest BCUT2D eigenvalue weighted by Crippen LogP contribution is 2.34. The second-order valence-corrected chi connectivity index (χ2v) is 8.82. The number of fused-ring (bicyclic) bond motifs is 2. The Morgan fingerprint density at radius 3 is 2.62 bits per heavy atom. The molecule has 1 N–H and O–H groups in total. The SMILES string of the molecule is COc1cc2c(cc1S(=O)(=O)Nc1noc3ccc(Br)cc13)CCCC2. The monoisotopic (exact) mass is 436 g/mol. The number of nitrogens with one attached hydrogen (secondary N) is 1. The van der Waals surface area contributed by atoms with Crippen molar-refractivity contribution in [1.29, 1.82) is 0 Å². The van der Waals surface area contributed by atoms with Crippen molar-refractivity contribution < 1.29 is 17.7 Å². The van der Waals surface area contributed by atoms with Crippen molar-refractivity contribution in [3.63, 3.8) is 0 Å². The van der Waals surface area contributed by atoms with E-state index < -0.39 is 10.0 Å². The maximum Gasteiger partial charge on any atom is 0.266 e. The van der Waals surface area contributed by atoms with Gasteiger partial charge in [0.15, 0.2) is 11.4 Å². The van der Waals surface area contributed by atoms with E-state index in [1.54, 1.807) is 24.3 Å². The number of methoxy groups -OCH3 is 1. The van der Waals surface area contributed by atoms with E-state index in [2.05, 4.69) is 25.8 Å². The van der Waals surface area contributed by atoms with Gasteiger partial charge in [0.2, 0.25) is 0 Å². The average molecular weight is 437 g/mol. The molecule has 3 aromatic rings. The van der Waals surface area contributed by atoms with E-state index in [1.165, 1.54) is 7.11 Å². The molecule has 0 bridgehead atoms. The first kappa shape index (κ1) is 17.4. The Morgan fingerprint density at radius 1 is 1.15 bits per heavy atom. The van der Waals surface area contributed by atoms with Crippen LogP contribution in [0.25, 0.3) is 11.0 Å². The number of ether oxygens (including phenoxy) is 1. The number of anilines is 1. The second-order valence-electron chi connectivity index (χ2n) is 6.26. The molecule has 136 valence electrons. The normalized spacial score (nSPS) is 14.2. The lowest BCUT2D eigenvalue weighted by atomic mass is 9.92. The molecule has 8 heteroatoms. The van der Waals surface area contributed by atoms with Gasteiger partial charge in [0.25, 0.3) is 10.0 Å². The molecule has 0 radical (unpaired) electrons. The van der Waals surface area contributed by atoms with E-state index in [9.17, 15) is 8.42 Å². The van der Waals surface area contributed by atoms with Gasteiger partial charge in [-0.25, -0.2) is 8.42 Å². The third-order valence-electron chi connectivity index (χ3n) is 4.58. The Labute approximate surface area is 159 Å². The van der Waals surface area contributed by atoms with Gasteiger partial charge in [-0.15, -0.1) is 0 Å². The highest BCUT2D eigenvalue weighted by Gasteiger charge is 2.25.